The Morgan fingerprint density at radius 2 is 1.94 bits per heavy atom. The third-order valence-electron chi connectivity index (χ3n) is 3.96. The molecule has 0 saturated carbocycles. The van der Waals surface area contributed by atoms with Crippen molar-refractivity contribution in [2.75, 3.05) is 0 Å². The molecule has 2 aromatic carbocycles. The summed E-state index contributed by atoms with van der Waals surface area (Å²) >= 11 is 0. The number of aromatic nitrogens is 2. The number of carbonyl (C=O) groups excluding carboxylic acids is 1. The number of carbonyl (C=O) groups is 1. The van der Waals surface area contributed by atoms with Crippen molar-refractivity contribution in [2.24, 2.45) is 0 Å². The summed E-state index contributed by atoms with van der Waals surface area (Å²) in [5, 5.41) is 16.0. The Labute approximate surface area is 176 Å². The number of ether oxygens (including phenoxy) is 1. The van der Waals surface area contributed by atoms with Gasteiger partial charge in [-0.05, 0) is 37.3 Å². The fourth-order valence-electron chi connectivity index (χ4n) is 2.56. The molecule has 3 rings (SSSR count). The van der Waals surface area contributed by atoms with Crippen molar-refractivity contribution in [3.8, 4) is 11.8 Å². The Kier molecular flexibility index (Phi) is 7.96. The summed E-state index contributed by atoms with van der Waals surface area (Å²) in [7, 11) is 0. The van der Waals surface area contributed by atoms with Gasteiger partial charge in [-0.15, -0.1) is 0 Å². The average molecular weight is 436 g/mol. The lowest BCUT2D eigenvalue weighted by Crippen LogP contribution is -2.44. The molecule has 0 aliphatic carbocycles. The minimum Gasteiger partial charge on any atom is -0.435 e. The Hall–Kier alpha value is -3.61. The second kappa shape index (κ2) is 10.4. The summed E-state index contributed by atoms with van der Waals surface area (Å²) < 4.78 is 54.3. The molecule has 1 N–H and O–H groups in total. The maximum Gasteiger partial charge on any atom is 0.387 e. The SMILES string of the molecule is CC(Cn1ncc2cc(C#N)ccc21)NC(=O)C(C)(F)F.FC(F)Oc1ccccc1. The van der Waals surface area contributed by atoms with E-state index in [2.05, 4.69) is 15.2 Å². The monoisotopic (exact) mass is 436 g/mol. The highest BCUT2D eigenvalue weighted by Crippen LogP contribution is 2.16. The summed E-state index contributed by atoms with van der Waals surface area (Å²) in [6.07, 6.45) is 1.60. The maximum atomic E-state index is 12.8. The van der Waals surface area contributed by atoms with E-state index < -0.39 is 24.5 Å². The zero-order chi connectivity index (χ0) is 23.0. The fraction of sp³-hybridized carbons (Fsp3) is 0.286. The van der Waals surface area contributed by atoms with Crippen LogP contribution in [0.25, 0.3) is 10.9 Å². The molecule has 0 aliphatic rings. The third kappa shape index (κ3) is 7.29. The number of rotatable bonds is 6. The minimum absolute atomic E-state index is 0.192. The van der Waals surface area contributed by atoms with Gasteiger partial charge in [-0.25, -0.2) is 0 Å². The predicted octanol–water partition coefficient (Wildman–Crippen LogP) is 4.36. The zero-order valence-corrected chi connectivity index (χ0v) is 16.7. The van der Waals surface area contributed by atoms with E-state index in [0.717, 1.165) is 10.9 Å². The Balaban J connectivity index is 0.000000285. The standard InChI is InChI=1S/C14H14F2N4O.C7H6F2O/c1-9(19-13(21)14(2,15)16)8-20-12-4-3-10(6-17)5-11(12)7-18-20;8-7(9)10-6-4-2-1-3-5-6/h3-5,7,9H,8H2,1-2H3,(H,19,21);1-5,7H. The molecule has 0 radical (unpaired) electrons. The van der Waals surface area contributed by atoms with Crippen molar-refractivity contribution in [2.45, 2.75) is 39.0 Å². The number of amides is 1. The van der Waals surface area contributed by atoms with Crippen LogP contribution in [0.15, 0.2) is 54.7 Å². The van der Waals surface area contributed by atoms with E-state index >= 15 is 0 Å². The fourth-order valence-corrected chi connectivity index (χ4v) is 2.56. The third-order valence-corrected chi connectivity index (χ3v) is 3.96. The van der Waals surface area contributed by atoms with Crippen molar-refractivity contribution in [1.82, 2.24) is 15.1 Å². The molecule has 3 aromatic rings. The van der Waals surface area contributed by atoms with Gasteiger partial charge in [0.25, 0.3) is 5.91 Å². The lowest BCUT2D eigenvalue weighted by atomic mass is 10.2. The lowest BCUT2D eigenvalue weighted by Gasteiger charge is -2.17. The van der Waals surface area contributed by atoms with Crippen LogP contribution < -0.4 is 10.1 Å². The van der Waals surface area contributed by atoms with Gasteiger partial charge in [0.05, 0.1) is 29.9 Å². The molecule has 0 spiro atoms. The number of hydrogen-bond acceptors (Lipinski definition) is 4. The Morgan fingerprint density at radius 3 is 2.52 bits per heavy atom. The van der Waals surface area contributed by atoms with Crippen LogP contribution >= 0.6 is 0 Å². The molecule has 1 amide bonds. The predicted molar refractivity (Wildman–Crippen MR) is 106 cm³/mol. The Bertz CT molecular complexity index is 1040. The summed E-state index contributed by atoms with van der Waals surface area (Å²) in [5.41, 5.74) is 1.30. The highest BCUT2D eigenvalue weighted by atomic mass is 19.3. The van der Waals surface area contributed by atoms with Crippen molar-refractivity contribution in [1.29, 1.82) is 5.26 Å². The van der Waals surface area contributed by atoms with E-state index in [1.54, 1.807) is 54.2 Å². The number of hydrogen-bond donors (Lipinski definition) is 1. The van der Waals surface area contributed by atoms with Crippen LogP contribution in [-0.2, 0) is 11.3 Å². The average Bonchev–Trinajstić information content (AvgIpc) is 3.09. The van der Waals surface area contributed by atoms with Gasteiger partial charge >= 0.3 is 12.5 Å². The first-order chi connectivity index (χ1) is 14.6. The number of fused-ring (bicyclic) bond motifs is 1. The molecule has 164 valence electrons. The van der Waals surface area contributed by atoms with E-state index in [4.69, 9.17) is 5.26 Å². The molecule has 0 bridgehead atoms. The zero-order valence-electron chi connectivity index (χ0n) is 16.7. The number of halogens is 4. The lowest BCUT2D eigenvalue weighted by molar-refractivity contribution is -0.143. The highest BCUT2D eigenvalue weighted by Gasteiger charge is 2.32. The van der Waals surface area contributed by atoms with Crippen LogP contribution in [-0.4, -0.2) is 34.3 Å². The van der Waals surface area contributed by atoms with Crippen LogP contribution in [0, 0.1) is 11.3 Å². The van der Waals surface area contributed by atoms with Crippen LogP contribution in [0.4, 0.5) is 17.6 Å². The molecule has 31 heavy (non-hydrogen) atoms. The number of para-hydroxylation sites is 1. The molecule has 1 heterocycles. The largest absolute Gasteiger partial charge is 0.435 e. The van der Waals surface area contributed by atoms with Gasteiger partial charge in [0.1, 0.15) is 5.75 Å². The number of nitriles is 1. The molecule has 10 heteroatoms. The van der Waals surface area contributed by atoms with Gasteiger partial charge in [-0.3, -0.25) is 9.48 Å². The van der Waals surface area contributed by atoms with E-state index in [-0.39, 0.29) is 12.3 Å². The van der Waals surface area contributed by atoms with Gasteiger partial charge in [0.2, 0.25) is 0 Å². The molecule has 1 atom stereocenters. The quantitative estimate of drug-likeness (QED) is 0.583. The van der Waals surface area contributed by atoms with E-state index in [0.29, 0.717) is 12.5 Å². The molecule has 0 aliphatic heterocycles. The van der Waals surface area contributed by atoms with Gasteiger partial charge in [0, 0.05) is 18.4 Å². The summed E-state index contributed by atoms with van der Waals surface area (Å²) in [6, 6.07) is 14.6. The van der Waals surface area contributed by atoms with Crippen molar-refractivity contribution >= 4 is 16.8 Å². The molecule has 0 fully saturated rings. The molecular weight excluding hydrogens is 416 g/mol. The highest BCUT2D eigenvalue weighted by molar-refractivity contribution is 5.83. The minimum atomic E-state index is -3.40. The molecule has 1 aromatic heterocycles. The van der Waals surface area contributed by atoms with Crippen molar-refractivity contribution < 1.29 is 27.1 Å². The smallest absolute Gasteiger partial charge is 0.387 e. The summed E-state index contributed by atoms with van der Waals surface area (Å²) in [4.78, 5) is 11.2. The number of nitrogens with zero attached hydrogens (tertiary/aromatic N) is 3. The van der Waals surface area contributed by atoms with Gasteiger partial charge < -0.3 is 10.1 Å². The van der Waals surface area contributed by atoms with Crippen LogP contribution in [0.2, 0.25) is 0 Å². The number of nitrogens with one attached hydrogen (secondary N) is 1. The summed E-state index contributed by atoms with van der Waals surface area (Å²) in [5.74, 6) is -4.52. The second-order valence-electron chi connectivity index (χ2n) is 6.67. The molecule has 6 nitrogen and oxygen atoms in total. The van der Waals surface area contributed by atoms with Gasteiger partial charge in [0.15, 0.2) is 0 Å². The Morgan fingerprint density at radius 1 is 1.26 bits per heavy atom. The summed E-state index contributed by atoms with van der Waals surface area (Å²) in [6.45, 7) is -0.290. The molecule has 1 unspecified atom stereocenters. The number of alkyl halides is 4. The molecular formula is C21H20F4N4O2. The number of benzene rings is 2. The van der Waals surface area contributed by atoms with Crippen LogP contribution in [0.5, 0.6) is 5.75 Å². The topological polar surface area (TPSA) is 79.9 Å². The van der Waals surface area contributed by atoms with Crippen LogP contribution in [0.1, 0.15) is 19.4 Å². The van der Waals surface area contributed by atoms with Gasteiger partial charge in [-0.2, -0.15) is 27.9 Å². The van der Waals surface area contributed by atoms with E-state index in [1.807, 2.05) is 6.07 Å². The van der Waals surface area contributed by atoms with Gasteiger partial charge in [-0.1, -0.05) is 18.2 Å². The normalized spacial score (nSPS) is 11.9. The van der Waals surface area contributed by atoms with Crippen molar-refractivity contribution in [3.05, 3.63) is 60.3 Å². The first kappa shape index (κ1) is 23.7. The van der Waals surface area contributed by atoms with E-state index in [1.165, 1.54) is 12.1 Å². The molecule has 0 saturated heterocycles. The van der Waals surface area contributed by atoms with Crippen LogP contribution in [0.3, 0.4) is 0 Å². The first-order valence-corrected chi connectivity index (χ1v) is 9.14. The maximum absolute atomic E-state index is 12.8. The second-order valence-corrected chi connectivity index (χ2v) is 6.67. The van der Waals surface area contributed by atoms with Crippen molar-refractivity contribution in [3.63, 3.8) is 0 Å². The van der Waals surface area contributed by atoms with E-state index in [9.17, 15) is 22.4 Å². The first-order valence-electron chi connectivity index (χ1n) is 9.14.